The molecule has 0 unspecified atom stereocenters. The second-order valence-corrected chi connectivity index (χ2v) is 8.92. The summed E-state index contributed by atoms with van der Waals surface area (Å²) in [6.07, 6.45) is 0. The topological polar surface area (TPSA) is 67.9 Å². The molecule has 0 radical (unpaired) electrons. The quantitative estimate of drug-likeness (QED) is 0.282. The van der Waals surface area contributed by atoms with Gasteiger partial charge in [-0.1, -0.05) is 59.6 Å². The molecule has 0 spiro atoms. The highest BCUT2D eigenvalue weighted by atomic mass is 35.5. The van der Waals surface area contributed by atoms with Gasteiger partial charge in [0, 0.05) is 29.4 Å². The van der Waals surface area contributed by atoms with Crippen molar-refractivity contribution in [3.8, 4) is 11.5 Å². The fraction of sp³-hybridized carbons (Fsp3) is 0.133. The van der Waals surface area contributed by atoms with Gasteiger partial charge in [0.1, 0.15) is 18.1 Å². The molecular weight excluding hydrogens is 488 g/mol. The average molecular weight is 515 g/mol. The van der Waals surface area contributed by atoms with E-state index in [2.05, 4.69) is 5.32 Å². The minimum absolute atomic E-state index is 0.286. The van der Waals surface area contributed by atoms with Crippen molar-refractivity contribution in [3.63, 3.8) is 0 Å². The van der Waals surface area contributed by atoms with E-state index in [9.17, 15) is 9.59 Å². The molecule has 1 N–H and O–H groups in total. The largest absolute Gasteiger partial charge is 0.496 e. The lowest BCUT2D eigenvalue weighted by atomic mass is 10.1. The molecule has 0 bridgehead atoms. The van der Waals surface area contributed by atoms with E-state index in [1.165, 1.54) is 12.0 Å². The van der Waals surface area contributed by atoms with Gasteiger partial charge in [0.15, 0.2) is 0 Å². The first kappa shape index (κ1) is 25.8. The van der Waals surface area contributed by atoms with Crippen molar-refractivity contribution in [2.75, 3.05) is 24.4 Å². The Morgan fingerprint density at radius 1 is 0.892 bits per heavy atom. The molecule has 2 amide bonds. The van der Waals surface area contributed by atoms with Gasteiger partial charge in [0.2, 0.25) is 0 Å². The maximum atomic E-state index is 13.5. The zero-order valence-corrected chi connectivity index (χ0v) is 21.6. The smallest absolute Gasteiger partial charge is 0.261 e. The summed E-state index contributed by atoms with van der Waals surface area (Å²) in [5, 5.41) is 3.35. The first-order valence-electron chi connectivity index (χ1n) is 11.7. The molecule has 7 heteroatoms. The van der Waals surface area contributed by atoms with Gasteiger partial charge in [0.05, 0.1) is 18.4 Å². The van der Waals surface area contributed by atoms with Gasteiger partial charge in [-0.15, -0.1) is 0 Å². The van der Waals surface area contributed by atoms with Crippen LogP contribution in [-0.4, -0.2) is 26.0 Å². The van der Waals surface area contributed by atoms with Crippen molar-refractivity contribution < 1.29 is 19.1 Å². The normalized spacial score (nSPS) is 10.5. The highest BCUT2D eigenvalue weighted by Crippen LogP contribution is 2.33. The molecule has 0 heterocycles. The number of ether oxygens (including phenoxy) is 2. The summed E-state index contributed by atoms with van der Waals surface area (Å²) in [5.74, 6) is 0.132. The molecular formula is C30H27ClN2O4. The third-order valence-corrected chi connectivity index (χ3v) is 6.06. The van der Waals surface area contributed by atoms with Gasteiger partial charge < -0.3 is 19.7 Å². The fourth-order valence-corrected chi connectivity index (χ4v) is 3.92. The first-order valence-corrected chi connectivity index (χ1v) is 12.0. The van der Waals surface area contributed by atoms with E-state index >= 15 is 0 Å². The molecule has 4 rings (SSSR count). The standard InChI is InChI=1S/C30H27ClN2O4/c1-20-9-13-24(14-10-20)32-29(34)22-11-15-25(27(17-22)36-3)30(35)33(2)26-16-12-23(31)18-28(26)37-19-21-7-5-4-6-8-21/h4-18H,19H2,1-3H3,(H,32,34). The minimum Gasteiger partial charge on any atom is -0.496 e. The lowest BCUT2D eigenvalue weighted by Crippen LogP contribution is -2.27. The van der Waals surface area contributed by atoms with Gasteiger partial charge in [-0.2, -0.15) is 0 Å². The first-order chi connectivity index (χ1) is 17.9. The molecule has 0 aliphatic heterocycles. The van der Waals surface area contributed by atoms with Crippen molar-refractivity contribution >= 4 is 34.8 Å². The van der Waals surface area contributed by atoms with E-state index in [0.717, 1.165) is 11.1 Å². The molecule has 4 aromatic carbocycles. The van der Waals surface area contributed by atoms with Crippen molar-refractivity contribution in [2.45, 2.75) is 13.5 Å². The summed E-state index contributed by atoms with van der Waals surface area (Å²) in [6, 6.07) is 27.1. The van der Waals surface area contributed by atoms with E-state index in [4.69, 9.17) is 21.1 Å². The monoisotopic (exact) mass is 514 g/mol. The molecule has 0 aliphatic carbocycles. The fourth-order valence-electron chi connectivity index (χ4n) is 3.76. The Hall–Kier alpha value is -4.29. The molecule has 4 aromatic rings. The number of halogens is 1. The second-order valence-electron chi connectivity index (χ2n) is 8.49. The number of methoxy groups -OCH3 is 1. The SMILES string of the molecule is COc1cc(C(=O)Nc2ccc(C)cc2)ccc1C(=O)N(C)c1ccc(Cl)cc1OCc1ccccc1. The maximum absolute atomic E-state index is 13.5. The van der Waals surface area contributed by atoms with Crippen LogP contribution in [0.15, 0.2) is 91.0 Å². The molecule has 0 aliphatic rings. The summed E-state index contributed by atoms with van der Waals surface area (Å²) >= 11 is 6.22. The number of amides is 2. The predicted molar refractivity (Wildman–Crippen MR) is 147 cm³/mol. The zero-order chi connectivity index (χ0) is 26.4. The molecule has 188 valence electrons. The average Bonchev–Trinajstić information content (AvgIpc) is 2.92. The maximum Gasteiger partial charge on any atom is 0.261 e. The number of carbonyl (C=O) groups excluding carboxylic acids is 2. The van der Waals surface area contributed by atoms with Crippen LogP contribution in [0, 0.1) is 6.92 Å². The third kappa shape index (κ3) is 6.29. The number of hydrogen-bond acceptors (Lipinski definition) is 4. The Bertz CT molecular complexity index is 1410. The Morgan fingerprint density at radius 2 is 1.62 bits per heavy atom. The molecule has 37 heavy (non-hydrogen) atoms. The molecule has 6 nitrogen and oxygen atoms in total. The van der Waals surface area contributed by atoms with Gasteiger partial charge in [-0.05, 0) is 55.0 Å². The summed E-state index contributed by atoms with van der Waals surface area (Å²) < 4.78 is 11.5. The van der Waals surface area contributed by atoms with Crippen LogP contribution in [0.2, 0.25) is 5.02 Å². The molecule has 0 saturated heterocycles. The van der Waals surface area contributed by atoms with E-state index in [-0.39, 0.29) is 17.6 Å². The van der Waals surface area contributed by atoms with Crippen molar-refractivity contribution in [2.24, 2.45) is 0 Å². The number of rotatable bonds is 8. The highest BCUT2D eigenvalue weighted by Gasteiger charge is 2.22. The number of aryl methyl sites for hydroxylation is 1. The van der Waals surface area contributed by atoms with Crippen LogP contribution >= 0.6 is 11.6 Å². The van der Waals surface area contributed by atoms with E-state index < -0.39 is 0 Å². The van der Waals surface area contributed by atoms with Crippen molar-refractivity contribution in [3.05, 3.63) is 118 Å². The molecule has 0 fully saturated rings. The number of benzene rings is 4. The van der Waals surface area contributed by atoms with E-state index in [0.29, 0.717) is 39.9 Å². The number of nitrogens with zero attached hydrogens (tertiary/aromatic N) is 1. The Balaban J connectivity index is 1.55. The Kier molecular flexibility index (Phi) is 8.11. The lowest BCUT2D eigenvalue weighted by Gasteiger charge is -2.22. The minimum atomic E-state index is -0.325. The number of nitrogens with one attached hydrogen (secondary N) is 1. The van der Waals surface area contributed by atoms with Crippen LogP contribution < -0.4 is 19.7 Å². The van der Waals surface area contributed by atoms with Gasteiger partial charge in [-0.25, -0.2) is 0 Å². The van der Waals surface area contributed by atoms with E-state index in [1.54, 1.807) is 43.4 Å². The number of carbonyl (C=O) groups is 2. The summed E-state index contributed by atoms with van der Waals surface area (Å²) in [4.78, 5) is 27.7. The van der Waals surface area contributed by atoms with E-state index in [1.807, 2.05) is 61.5 Å². The van der Waals surface area contributed by atoms with Gasteiger partial charge in [-0.3, -0.25) is 9.59 Å². The number of hydrogen-bond donors (Lipinski definition) is 1. The summed E-state index contributed by atoms with van der Waals surface area (Å²) in [7, 11) is 3.11. The highest BCUT2D eigenvalue weighted by molar-refractivity contribution is 6.30. The van der Waals surface area contributed by atoms with Crippen LogP contribution in [0.25, 0.3) is 0 Å². The van der Waals surface area contributed by atoms with Crippen LogP contribution in [-0.2, 0) is 6.61 Å². The number of anilines is 2. The molecule has 0 saturated carbocycles. The predicted octanol–water partition coefficient (Wildman–Crippen LogP) is 6.76. The lowest BCUT2D eigenvalue weighted by molar-refractivity contribution is 0.0985. The van der Waals surface area contributed by atoms with Crippen LogP contribution in [0.5, 0.6) is 11.5 Å². The second kappa shape index (κ2) is 11.6. The van der Waals surface area contributed by atoms with Crippen LogP contribution in [0.3, 0.4) is 0 Å². The van der Waals surface area contributed by atoms with Gasteiger partial charge >= 0.3 is 0 Å². The van der Waals surface area contributed by atoms with Crippen molar-refractivity contribution in [1.29, 1.82) is 0 Å². The van der Waals surface area contributed by atoms with Crippen molar-refractivity contribution in [1.82, 2.24) is 0 Å². The third-order valence-electron chi connectivity index (χ3n) is 5.83. The molecule has 0 atom stereocenters. The Labute approximate surface area is 221 Å². The summed E-state index contributed by atoms with van der Waals surface area (Å²) in [6.45, 7) is 2.30. The zero-order valence-electron chi connectivity index (χ0n) is 20.8. The van der Waals surface area contributed by atoms with Crippen LogP contribution in [0.1, 0.15) is 31.8 Å². The van der Waals surface area contributed by atoms with Crippen LogP contribution in [0.4, 0.5) is 11.4 Å². The summed E-state index contributed by atoms with van der Waals surface area (Å²) in [5.41, 5.74) is 3.99. The Morgan fingerprint density at radius 3 is 2.32 bits per heavy atom. The van der Waals surface area contributed by atoms with Gasteiger partial charge in [0.25, 0.3) is 11.8 Å². The molecule has 0 aromatic heterocycles.